The third kappa shape index (κ3) is 1.68. The first-order valence-electron chi connectivity index (χ1n) is 4.55. The maximum absolute atomic E-state index is 11.9. The molecular formula is C12H9ClO2. The molecule has 76 valence electrons. The summed E-state index contributed by atoms with van der Waals surface area (Å²) in [6.07, 6.45) is 2.05. The second-order valence-corrected chi connectivity index (χ2v) is 3.52. The van der Waals surface area contributed by atoms with Gasteiger partial charge in [0.1, 0.15) is 5.58 Å². The Kier molecular flexibility index (Phi) is 2.60. The largest absolute Gasteiger partial charge is 0.444 e. The molecule has 0 fully saturated rings. The molecule has 2 rings (SSSR count). The van der Waals surface area contributed by atoms with Gasteiger partial charge in [-0.3, -0.25) is 4.79 Å². The van der Waals surface area contributed by atoms with E-state index in [1.165, 1.54) is 0 Å². The van der Waals surface area contributed by atoms with Crippen molar-refractivity contribution in [3.05, 3.63) is 57.9 Å². The number of halogens is 1. The molecule has 0 bridgehead atoms. The SMILES string of the molecule is C=CCc1c(Cl)oc2ccccc2c1=O. The van der Waals surface area contributed by atoms with Crippen molar-refractivity contribution >= 4 is 22.6 Å². The zero-order chi connectivity index (χ0) is 10.8. The van der Waals surface area contributed by atoms with Gasteiger partial charge in [0.15, 0.2) is 5.43 Å². The maximum atomic E-state index is 11.9. The van der Waals surface area contributed by atoms with Gasteiger partial charge in [-0.1, -0.05) is 18.2 Å². The zero-order valence-electron chi connectivity index (χ0n) is 8.00. The van der Waals surface area contributed by atoms with Gasteiger partial charge in [0, 0.05) is 0 Å². The van der Waals surface area contributed by atoms with Gasteiger partial charge in [0.05, 0.1) is 10.9 Å². The Bertz CT molecular complexity index is 569. The Balaban J connectivity index is 2.84. The van der Waals surface area contributed by atoms with Crippen LogP contribution in [0.1, 0.15) is 5.56 Å². The van der Waals surface area contributed by atoms with E-state index in [-0.39, 0.29) is 10.6 Å². The van der Waals surface area contributed by atoms with E-state index in [0.717, 1.165) is 0 Å². The lowest BCUT2D eigenvalue weighted by molar-refractivity contribution is 0.597. The van der Waals surface area contributed by atoms with Crippen molar-refractivity contribution in [1.29, 1.82) is 0 Å². The van der Waals surface area contributed by atoms with Crippen LogP contribution in [0.3, 0.4) is 0 Å². The molecule has 0 radical (unpaired) electrons. The van der Waals surface area contributed by atoms with E-state index >= 15 is 0 Å². The average Bonchev–Trinajstić information content (AvgIpc) is 2.24. The Labute approximate surface area is 91.8 Å². The molecule has 0 aliphatic carbocycles. The average molecular weight is 221 g/mol. The first kappa shape index (κ1) is 9.99. The Morgan fingerprint density at radius 3 is 2.87 bits per heavy atom. The number of fused-ring (bicyclic) bond motifs is 1. The third-order valence-electron chi connectivity index (χ3n) is 2.19. The number of rotatable bonds is 2. The molecule has 0 unspecified atom stereocenters. The zero-order valence-corrected chi connectivity index (χ0v) is 8.75. The fourth-order valence-corrected chi connectivity index (χ4v) is 1.72. The summed E-state index contributed by atoms with van der Waals surface area (Å²) in [4.78, 5) is 11.9. The molecule has 0 aliphatic rings. The van der Waals surface area contributed by atoms with Gasteiger partial charge in [-0.05, 0) is 30.2 Å². The lowest BCUT2D eigenvalue weighted by Gasteiger charge is -2.02. The first-order valence-corrected chi connectivity index (χ1v) is 4.93. The fraction of sp³-hybridized carbons (Fsp3) is 0.0833. The molecule has 0 aliphatic heterocycles. The Morgan fingerprint density at radius 1 is 1.40 bits per heavy atom. The second kappa shape index (κ2) is 3.91. The van der Waals surface area contributed by atoms with Gasteiger partial charge in [-0.15, -0.1) is 6.58 Å². The van der Waals surface area contributed by atoms with Crippen molar-refractivity contribution < 1.29 is 4.42 Å². The summed E-state index contributed by atoms with van der Waals surface area (Å²) in [5, 5.41) is 0.706. The minimum Gasteiger partial charge on any atom is -0.444 e. The topological polar surface area (TPSA) is 30.2 Å². The predicted molar refractivity (Wildman–Crippen MR) is 61.4 cm³/mol. The Hall–Kier alpha value is -1.54. The van der Waals surface area contributed by atoms with Crippen molar-refractivity contribution in [2.75, 3.05) is 0 Å². The van der Waals surface area contributed by atoms with Gasteiger partial charge in [0.25, 0.3) is 0 Å². The normalized spacial score (nSPS) is 10.5. The maximum Gasteiger partial charge on any atom is 0.201 e. The molecule has 15 heavy (non-hydrogen) atoms. The first-order chi connectivity index (χ1) is 7.24. The summed E-state index contributed by atoms with van der Waals surface area (Å²) < 4.78 is 5.34. The molecule has 0 saturated carbocycles. The van der Waals surface area contributed by atoms with E-state index in [1.807, 2.05) is 0 Å². The van der Waals surface area contributed by atoms with Crippen LogP contribution < -0.4 is 5.43 Å². The molecular weight excluding hydrogens is 212 g/mol. The van der Waals surface area contributed by atoms with Crippen LogP contribution in [0.5, 0.6) is 0 Å². The fourth-order valence-electron chi connectivity index (χ4n) is 1.47. The van der Waals surface area contributed by atoms with E-state index in [9.17, 15) is 4.79 Å². The lowest BCUT2D eigenvalue weighted by atomic mass is 10.1. The Morgan fingerprint density at radius 2 is 2.13 bits per heavy atom. The van der Waals surface area contributed by atoms with Crippen LogP contribution in [0, 0.1) is 0 Å². The van der Waals surface area contributed by atoms with Crippen LogP contribution in [-0.4, -0.2) is 0 Å². The van der Waals surface area contributed by atoms with Crippen LogP contribution in [0.2, 0.25) is 5.22 Å². The second-order valence-electron chi connectivity index (χ2n) is 3.17. The van der Waals surface area contributed by atoms with Gasteiger partial charge in [-0.2, -0.15) is 0 Å². The molecule has 1 heterocycles. The van der Waals surface area contributed by atoms with Gasteiger partial charge in [-0.25, -0.2) is 0 Å². The van der Waals surface area contributed by atoms with E-state index in [2.05, 4.69) is 6.58 Å². The highest BCUT2D eigenvalue weighted by Crippen LogP contribution is 2.19. The minimum absolute atomic E-state index is 0.0817. The monoisotopic (exact) mass is 220 g/mol. The standard InChI is InChI=1S/C12H9ClO2/c1-2-5-9-11(14)8-6-3-4-7-10(8)15-12(9)13/h2-4,6-7H,1,5H2. The van der Waals surface area contributed by atoms with Crippen molar-refractivity contribution in [3.63, 3.8) is 0 Å². The van der Waals surface area contributed by atoms with Gasteiger partial charge >= 0.3 is 0 Å². The van der Waals surface area contributed by atoms with Gasteiger partial charge < -0.3 is 4.42 Å². The lowest BCUT2D eigenvalue weighted by Crippen LogP contribution is -2.08. The number of para-hydroxylation sites is 1. The molecule has 2 aromatic rings. The van der Waals surface area contributed by atoms with Crippen LogP contribution in [0.4, 0.5) is 0 Å². The predicted octanol–water partition coefficient (Wildman–Crippen LogP) is 3.17. The summed E-state index contributed by atoms with van der Waals surface area (Å²) in [6.45, 7) is 3.58. The van der Waals surface area contributed by atoms with Crippen molar-refractivity contribution in [2.45, 2.75) is 6.42 Å². The highest BCUT2D eigenvalue weighted by molar-refractivity contribution is 6.29. The highest BCUT2D eigenvalue weighted by atomic mass is 35.5. The molecule has 3 heteroatoms. The quantitative estimate of drug-likeness (QED) is 0.728. The van der Waals surface area contributed by atoms with Crippen LogP contribution in [0.25, 0.3) is 11.0 Å². The highest BCUT2D eigenvalue weighted by Gasteiger charge is 2.10. The number of hydrogen-bond acceptors (Lipinski definition) is 2. The molecule has 2 nitrogen and oxygen atoms in total. The third-order valence-corrected chi connectivity index (χ3v) is 2.50. The smallest absolute Gasteiger partial charge is 0.201 e. The van der Waals surface area contributed by atoms with Gasteiger partial charge in [0.2, 0.25) is 5.22 Å². The van der Waals surface area contributed by atoms with E-state index in [4.69, 9.17) is 16.0 Å². The molecule has 0 N–H and O–H groups in total. The van der Waals surface area contributed by atoms with E-state index in [1.54, 1.807) is 30.3 Å². The molecule has 1 aromatic carbocycles. The number of hydrogen-bond donors (Lipinski definition) is 0. The molecule has 0 saturated heterocycles. The van der Waals surface area contributed by atoms with Crippen molar-refractivity contribution in [3.8, 4) is 0 Å². The van der Waals surface area contributed by atoms with Crippen LogP contribution in [-0.2, 0) is 6.42 Å². The van der Waals surface area contributed by atoms with Crippen molar-refractivity contribution in [2.24, 2.45) is 0 Å². The molecule has 1 aromatic heterocycles. The molecule has 0 spiro atoms. The van der Waals surface area contributed by atoms with E-state index < -0.39 is 0 Å². The van der Waals surface area contributed by atoms with E-state index in [0.29, 0.717) is 23.0 Å². The summed E-state index contributed by atoms with van der Waals surface area (Å²) in [6, 6.07) is 7.05. The summed E-state index contributed by atoms with van der Waals surface area (Å²) in [5.41, 5.74) is 0.896. The molecule has 0 amide bonds. The minimum atomic E-state index is -0.0817. The summed E-state index contributed by atoms with van der Waals surface area (Å²) >= 11 is 5.87. The summed E-state index contributed by atoms with van der Waals surface area (Å²) in [7, 11) is 0. The van der Waals surface area contributed by atoms with Crippen LogP contribution in [0.15, 0.2) is 46.1 Å². The van der Waals surface area contributed by atoms with Crippen molar-refractivity contribution in [1.82, 2.24) is 0 Å². The van der Waals surface area contributed by atoms with Crippen LogP contribution >= 0.6 is 11.6 Å². The number of allylic oxidation sites excluding steroid dienone is 1. The molecule has 0 atom stereocenters. The number of benzene rings is 1. The summed E-state index contributed by atoms with van der Waals surface area (Å²) in [5.74, 6) is 0.